The summed E-state index contributed by atoms with van der Waals surface area (Å²) < 4.78 is 11.9. The summed E-state index contributed by atoms with van der Waals surface area (Å²) >= 11 is 6.65. The number of pyridine rings is 1. The Balaban J connectivity index is 2.28. The lowest BCUT2D eigenvalue weighted by atomic mass is 10.2. The molecule has 7 heteroatoms. The number of anilines is 1. The number of nitrogens with zero attached hydrogens (tertiary/aromatic N) is 1. The molecule has 5 nitrogen and oxygen atoms in total. The van der Waals surface area contributed by atoms with Crippen LogP contribution in [0.15, 0.2) is 39.4 Å². The number of hydrogen-bond acceptors (Lipinski definition) is 4. The maximum atomic E-state index is 12.3. The molecule has 0 unspecified atom stereocenters. The van der Waals surface area contributed by atoms with Crippen molar-refractivity contribution in [2.75, 3.05) is 19.5 Å². The van der Waals surface area contributed by atoms with Gasteiger partial charge in [0.2, 0.25) is 0 Å². The van der Waals surface area contributed by atoms with Crippen LogP contribution in [0.3, 0.4) is 0 Å². The Morgan fingerprint density at radius 2 is 1.76 bits per heavy atom. The van der Waals surface area contributed by atoms with Crippen LogP contribution >= 0.6 is 31.9 Å². The lowest BCUT2D eigenvalue weighted by Crippen LogP contribution is -2.13. The quantitative estimate of drug-likeness (QED) is 0.823. The molecule has 110 valence electrons. The molecule has 0 aliphatic heterocycles. The average molecular weight is 416 g/mol. The van der Waals surface area contributed by atoms with Gasteiger partial charge in [-0.3, -0.25) is 4.79 Å². The van der Waals surface area contributed by atoms with Gasteiger partial charge in [0.1, 0.15) is 21.8 Å². The summed E-state index contributed by atoms with van der Waals surface area (Å²) in [6.45, 7) is 0. The summed E-state index contributed by atoms with van der Waals surface area (Å²) in [5.41, 5.74) is 0.414. The molecule has 1 heterocycles. The minimum Gasteiger partial charge on any atom is -0.495 e. The largest absolute Gasteiger partial charge is 0.495 e. The molecule has 1 N–H and O–H groups in total. The molecular weight excluding hydrogens is 404 g/mol. The highest BCUT2D eigenvalue weighted by atomic mass is 79.9. The van der Waals surface area contributed by atoms with Crippen LogP contribution in [0.25, 0.3) is 0 Å². The van der Waals surface area contributed by atoms with E-state index in [9.17, 15) is 4.79 Å². The molecule has 2 aromatic rings. The van der Waals surface area contributed by atoms with Gasteiger partial charge in [-0.15, -0.1) is 0 Å². The average Bonchev–Trinajstić information content (AvgIpc) is 2.49. The Morgan fingerprint density at radius 1 is 1.14 bits per heavy atom. The van der Waals surface area contributed by atoms with E-state index < -0.39 is 0 Å². The van der Waals surface area contributed by atoms with Gasteiger partial charge in [0.05, 0.1) is 14.2 Å². The maximum Gasteiger partial charge on any atom is 0.257 e. The predicted molar refractivity (Wildman–Crippen MR) is 87.1 cm³/mol. The second kappa shape index (κ2) is 6.91. The fourth-order valence-corrected chi connectivity index (χ4v) is 2.43. The lowest BCUT2D eigenvalue weighted by Gasteiger charge is -2.11. The van der Waals surface area contributed by atoms with Crippen LogP contribution in [0.2, 0.25) is 0 Å². The number of aromatic nitrogens is 1. The zero-order chi connectivity index (χ0) is 15.4. The van der Waals surface area contributed by atoms with Crippen LogP contribution in [0, 0.1) is 0 Å². The Bertz CT molecular complexity index is 635. The first-order valence-electron chi connectivity index (χ1n) is 5.89. The minimum absolute atomic E-state index is 0.297. The van der Waals surface area contributed by atoms with E-state index in [0.29, 0.717) is 27.4 Å². The molecule has 0 radical (unpaired) electrons. The molecular formula is C14H12Br2N2O3. The number of benzene rings is 1. The van der Waals surface area contributed by atoms with E-state index >= 15 is 0 Å². The number of ether oxygens (including phenoxy) is 2. The number of methoxy groups -OCH3 is 2. The Kier molecular flexibility index (Phi) is 5.19. The zero-order valence-electron chi connectivity index (χ0n) is 11.3. The summed E-state index contributed by atoms with van der Waals surface area (Å²) in [6, 6.07) is 6.75. The lowest BCUT2D eigenvalue weighted by molar-refractivity contribution is 0.102. The van der Waals surface area contributed by atoms with E-state index in [2.05, 4.69) is 42.2 Å². The third kappa shape index (κ3) is 3.74. The first-order chi connectivity index (χ1) is 10.0. The van der Waals surface area contributed by atoms with Crippen LogP contribution in [0.4, 0.5) is 5.82 Å². The Labute approximate surface area is 138 Å². The van der Waals surface area contributed by atoms with Crippen molar-refractivity contribution in [1.82, 2.24) is 4.98 Å². The van der Waals surface area contributed by atoms with Crippen LogP contribution in [0.5, 0.6) is 11.5 Å². The van der Waals surface area contributed by atoms with Gasteiger partial charge in [0.25, 0.3) is 5.91 Å². The Hall–Kier alpha value is -1.60. The first-order valence-corrected chi connectivity index (χ1v) is 7.48. The summed E-state index contributed by atoms with van der Waals surface area (Å²) in [7, 11) is 3.05. The van der Waals surface area contributed by atoms with Crippen molar-refractivity contribution in [2.24, 2.45) is 0 Å². The van der Waals surface area contributed by atoms with Crippen molar-refractivity contribution in [3.8, 4) is 11.5 Å². The number of amides is 1. The molecule has 0 fully saturated rings. The summed E-state index contributed by atoms with van der Waals surface area (Å²) in [5.74, 6) is 1.20. The van der Waals surface area contributed by atoms with Crippen molar-refractivity contribution in [1.29, 1.82) is 0 Å². The van der Waals surface area contributed by atoms with E-state index in [4.69, 9.17) is 9.47 Å². The summed E-state index contributed by atoms with van der Waals surface area (Å²) in [5, 5.41) is 2.71. The predicted octanol–water partition coefficient (Wildman–Crippen LogP) is 3.88. The molecule has 0 saturated carbocycles. The van der Waals surface area contributed by atoms with E-state index in [1.807, 2.05) is 0 Å². The van der Waals surface area contributed by atoms with Crippen LogP contribution in [-0.4, -0.2) is 25.1 Å². The van der Waals surface area contributed by atoms with E-state index in [-0.39, 0.29) is 5.91 Å². The molecule has 0 saturated heterocycles. The number of halogens is 2. The molecule has 0 aliphatic carbocycles. The fraction of sp³-hybridized carbons (Fsp3) is 0.143. The topological polar surface area (TPSA) is 60.5 Å². The fourth-order valence-electron chi connectivity index (χ4n) is 1.64. The highest BCUT2D eigenvalue weighted by Gasteiger charge is 2.15. The van der Waals surface area contributed by atoms with Gasteiger partial charge in [-0.1, -0.05) is 0 Å². The molecule has 1 amide bonds. The monoisotopic (exact) mass is 414 g/mol. The Morgan fingerprint density at radius 3 is 2.24 bits per heavy atom. The van der Waals surface area contributed by atoms with Crippen molar-refractivity contribution in [3.05, 3.63) is 45.0 Å². The van der Waals surface area contributed by atoms with Gasteiger partial charge in [-0.2, -0.15) is 0 Å². The highest BCUT2D eigenvalue weighted by molar-refractivity contribution is 9.11. The van der Waals surface area contributed by atoms with Gasteiger partial charge in [-0.05, 0) is 56.1 Å². The summed E-state index contributed by atoms with van der Waals surface area (Å²) in [4.78, 5) is 16.4. The zero-order valence-corrected chi connectivity index (χ0v) is 14.5. The van der Waals surface area contributed by atoms with Crippen molar-refractivity contribution in [2.45, 2.75) is 0 Å². The molecule has 1 aromatic carbocycles. The van der Waals surface area contributed by atoms with Crippen molar-refractivity contribution in [3.63, 3.8) is 0 Å². The first kappa shape index (κ1) is 15.8. The number of rotatable bonds is 4. The highest BCUT2D eigenvalue weighted by Crippen LogP contribution is 2.35. The molecule has 0 bridgehead atoms. The van der Waals surface area contributed by atoms with Gasteiger partial charge in [-0.25, -0.2) is 4.98 Å². The third-order valence-corrected chi connectivity index (χ3v) is 3.93. The molecule has 2 rings (SSSR count). The smallest absolute Gasteiger partial charge is 0.257 e. The van der Waals surface area contributed by atoms with Gasteiger partial charge >= 0.3 is 0 Å². The third-order valence-electron chi connectivity index (χ3n) is 2.68. The van der Waals surface area contributed by atoms with Crippen LogP contribution in [0.1, 0.15) is 10.4 Å². The molecule has 0 atom stereocenters. The van der Waals surface area contributed by atoms with Gasteiger partial charge in [0.15, 0.2) is 0 Å². The number of carbonyl (C=O) groups is 1. The van der Waals surface area contributed by atoms with E-state index in [0.717, 1.165) is 4.47 Å². The van der Waals surface area contributed by atoms with Crippen LogP contribution in [-0.2, 0) is 0 Å². The minimum atomic E-state index is -0.297. The number of carbonyl (C=O) groups excluding carboxylic acids is 1. The van der Waals surface area contributed by atoms with E-state index in [1.54, 1.807) is 30.5 Å². The van der Waals surface area contributed by atoms with E-state index in [1.165, 1.54) is 14.2 Å². The molecule has 1 aromatic heterocycles. The van der Waals surface area contributed by atoms with Crippen molar-refractivity contribution >= 4 is 43.6 Å². The maximum absolute atomic E-state index is 12.3. The normalized spacial score (nSPS) is 10.1. The SMILES string of the molecule is COc1cc(C(=O)Nc2ccc(Br)cn2)cc(OC)c1Br. The van der Waals surface area contributed by atoms with Crippen LogP contribution < -0.4 is 14.8 Å². The number of nitrogens with one attached hydrogen (secondary N) is 1. The van der Waals surface area contributed by atoms with Crippen molar-refractivity contribution < 1.29 is 14.3 Å². The molecule has 21 heavy (non-hydrogen) atoms. The second-order valence-electron chi connectivity index (χ2n) is 4.01. The number of hydrogen-bond donors (Lipinski definition) is 1. The standard InChI is InChI=1S/C14H12Br2N2O3/c1-20-10-5-8(6-11(21-2)13(10)16)14(19)18-12-4-3-9(15)7-17-12/h3-7H,1-2H3,(H,17,18,19). The van der Waals surface area contributed by atoms with Gasteiger partial charge < -0.3 is 14.8 Å². The molecule has 0 spiro atoms. The summed E-state index contributed by atoms with van der Waals surface area (Å²) in [6.07, 6.45) is 1.61. The molecule has 0 aliphatic rings. The second-order valence-corrected chi connectivity index (χ2v) is 5.72. The van der Waals surface area contributed by atoms with Gasteiger partial charge in [0, 0.05) is 16.2 Å².